The Hall–Kier alpha value is -1.71. The molecule has 1 fully saturated rings. The SMILES string of the molecule is CC1(C)[C@@H](CO[Si](c2ccccc2)(c2ccccc2)C(C)(C)C)CC[C@@]1(C)C=O. The Bertz CT molecular complexity index is 783. The number of carbonyl (C=O) groups excluding carboxylic acids is 1. The summed E-state index contributed by atoms with van der Waals surface area (Å²) in [7, 11) is -2.52. The quantitative estimate of drug-likeness (QED) is 0.485. The third kappa shape index (κ3) is 3.64. The smallest absolute Gasteiger partial charge is 0.261 e. The van der Waals surface area contributed by atoms with E-state index in [4.69, 9.17) is 4.43 Å². The van der Waals surface area contributed by atoms with Gasteiger partial charge in [-0.2, -0.15) is 0 Å². The first-order chi connectivity index (χ1) is 13.6. The molecule has 0 radical (unpaired) electrons. The number of hydrogen-bond acceptors (Lipinski definition) is 2. The van der Waals surface area contributed by atoms with Crippen LogP contribution in [0.2, 0.25) is 5.04 Å². The van der Waals surface area contributed by atoms with Crippen molar-refractivity contribution in [2.75, 3.05) is 6.61 Å². The van der Waals surface area contributed by atoms with E-state index < -0.39 is 8.32 Å². The van der Waals surface area contributed by atoms with Gasteiger partial charge in [-0.1, -0.05) is 102 Å². The van der Waals surface area contributed by atoms with Crippen molar-refractivity contribution in [2.24, 2.45) is 16.7 Å². The standard InChI is InChI=1S/C26H36O2Si/c1-24(2,3)29(22-13-9-7-10-14-22,23-15-11-8-12-16-23)28-19-21-17-18-26(6,20-27)25(21,4)5/h7-16,20-21H,17-19H2,1-6H3/t21-,26+/m1/s1. The van der Waals surface area contributed by atoms with Crippen LogP contribution in [0.5, 0.6) is 0 Å². The normalized spacial score (nSPS) is 24.4. The van der Waals surface area contributed by atoms with Crippen molar-refractivity contribution < 1.29 is 9.22 Å². The van der Waals surface area contributed by atoms with Crippen LogP contribution in [0.3, 0.4) is 0 Å². The van der Waals surface area contributed by atoms with Gasteiger partial charge < -0.3 is 9.22 Å². The fraction of sp³-hybridized carbons (Fsp3) is 0.500. The van der Waals surface area contributed by atoms with Crippen molar-refractivity contribution in [3.63, 3.8) is 0 Å². The van der Waals surface area contributed by atoms with Gasteiger partial charge in [-0.05, 0) is 39.6 Å². The molecule has 0 N–H and O–H groups in total. The Kier molecular flexibility index (Phi) is 5.95. The minimum absolute atomic E-state index is 0.0214. The van der Waals surface area contributed by atoms with E-state index in [9.17, 15) is 4.79 Å². The van der Waals surface area contributed by atoms with Gasteiger partial charge in [0.25, 0.3) is 8.32 Å². The zero-order valence-corrected chi connectivity index (χ0v) is 19.9. The summed E-state index contributed by atoms with van der Waals surface area (Å²) in [5.41, 5.74) is -0.341. The molecule has 156 valence electrons. The number of benzene rings is 2. The number of carbonyl (C=O) groups is 1. The molecule has 2 atom stereocenters. The predicted molar refractivity (Wildman–Crippen MR) is 124 cm³/mol. The van der Waals surface area contributed by atoms with Crippen LogP contribution in [0, 0.1) is 16.7 Å². The average molecular weight is 409 g/mol. The second-order valence-corrected chi connectivity index (χ2v) is 14.8. The molecule has 2 nitrogen and oxygen atoms in total. The lowest BCUT2D eigenvalue weighted by Gasteiger charge is -2.45. The molecule has 0 saturated heterocycles. The van der Waals surface area contributed by atoms with Crippen molar-refractivity contribution in [1.82, 2.24) is 0 Å². The van der Waals surface area contributed by atoms with Crippen molar-refractivity contribution in [3.8, 4) is 0 Å². The number of rotatable bonds is 6. The Balaban J connectivity index is 2.05. The molecule has 1 saturated carbocycles. The first kappa shape index (κ1) is 22.0. The highest BCUT2D eigenvalue weighted by molar-refractivity contribution is 6.99. The highest BCUT2D eigenvalue weighted by Gasteiger charge is 2.54. The minimum Gasteiger partial charge on any atom is -0.407 e. The maximum Gasteiger partial charge on any atom is 0.261 e. The third-order valence-corrected chi connectivity index (χ3v) is 12.7. The van der Waals surface area contributed by atoms with Crippen LogP contribution in [0.4, 0.5) is 0 Å². The van der Waals surface area contributed by atoms with E-state index in [1.54, 1.807) is 0 Å². The van der Waals surface area contributed by atoms with Crippen molar-refractivity contribution in [1.29, 1.82) is 0 Å². The molecule has 0 heterocycles. The number of aldehydes is 1. The molecule has 0 unspecified atom stereocenters. The fourth-order valence-electron chi connectivity index (χ4n) is 5.11. The van der Waals surface area contributed by atoms with E-state index in [0.717, 1.165) is 12.8 Å². The first-order valence-electron chi connectivity index (χ1n) is 10.8. The zero-order valence-electron chi connectivity index (χ0n) is 18.9. The van der Waals surface area contributed by atoms with E-state index in [2.05, 4.69) is 102 Å². The van der Waals surface area contributed by atoms with Gasteiger partial charge in [0.05, 0.1) is 0 Å². The summed E-state index contributed by atoms with van der Waals surface area (Å²) in [6.45, 7) is 14.2. The molecule has 2 aromatic rings. The van der Waals surface area contributed by atoms with Crippen LogP contribution in [-0.2, 0) is 9.22 Å². The van der Waals surface area contributed by atoms with Crippen LogP contribution < -0.4 is 10.4 Å². The molecule has 0 aromatic heterocycles. The van der Waals surface area contributed by atoms with Crippen LogP contribution in [0.25, 0.3) is 0 Å². The largest absolute Gasteiger partial charge is 0.407 e. The van der Waals surface area contributed by atoms with Crippen molar-refractivity contribution >= 4 is 25.0 Å². The highest BCUT2D eigenvalue weighted by atomic mass is 28.4. The molecule has 1 aliphatic rings. The monoisotopic (exact) mass is 408 g/mol. The second kappa shape index (κ2) is 7.85. The summed E-state index contributed by atoms with van der Waals surface area (Å²) in [6, 6.07) is 21.6. The van der Waals surface area contributed by atoms with Gasteiger partial charge in [-0.25, -0.2) is 0 Å². The average Bonchev–Trinajstić information content (AvgIpc) is 2.93. The van der Waals surface area contributed by atoms with Crippen LogP contribution in [0.1, 0.15) is 54.4 Å². The Labute approximate surface area is 177 Å². The van der Waals surface area contributed by atoms with E-state index in [1.165, 1.54) is 16.7 Å². The molecule has 3 heteroatoms. The van der Waals surface area contributed by atoms with Gasteiger partial charge in [0.1, 0.15) is 6.29 Å². The van der Waals surface area contributed by atoms with Gasteiger partial charge in [-0.15, -0.1) is 0 Å². The van der Waals surface area contributed by atoms with E-state index in [0.29, 0.717) is 12.5 Å². The summed E-state index contributed by atoms with van der Waals surface area (Å²) < 4.78 is 7.15. The Morgan fingerprint density at radius 2 is 1.45 bits per heavy atom. The molecule has 1 aliphatic carbocycles. The molecule has 29 heavy (non-hydrogen) atoms. The maximum absolute atomic E-state index is 11.9. The molecule has 3 rings (SSSR count). The molecule has 0 bridgehead atoms. The summed E-state index contributed by atoms with van der Waals surface area (Å²) in [6.07, 6.45) is 3.16. The van der Waals surface area contributed by atoms with Crippen molar-refractivity contribution in [2.45, 2.75) is 59.4 Å². The van der Waals surface area contributed by atoms with Gasteiger partial charge in [0.15, 0.2) is 0 Å². The van der Waals surface area contributed by atoms with E-state index in [-0.39, 0.29) is 15.9 Å². The van der Waals surface area contributed by atoms with Gasteiger partial charge >= 0.3 is 0 Å². The van der Waals surface area contributed by atoms with Crippen LogP contribution in [0.15, 0.2) is 60.7 Å². The molecule has 0 aliphatic heterocycles. The molecule has 0 spiro atoms. The molecular formula is C26H36O2Si. The van der Waals surface area contributed by atoms with Gasteiger partial charge in [-0.3, -0.25) is 0 Å². The second-order valence-electron chi connectivity index (χ2n) is 10.5. The lowest BCUT2D eigenvalue weighted by atomic mass is 9.67. The molecule has 0 amide bonds. The summed E-state index contributed by atoms with van der Waals surface area (Å²) in [4.78, 5) is 11.9. The van der Waals surface area contributed by atoms with Gasteiger partial charge in [0, 0.05) is 12.0 Å². The molecular weight excluding hydrogens is 372 g/mol. The highest BCUT2D eigenvalue weighted by Crippen LogP contribution is 2.55. The van der Waals surface area contributed by atoms with Crippen molar-refractivity contribution in [3.05, 3.63) is 60.7 Å². The summed E-state index contributed by atoms with van der Waals surface area (Å²) >= 11 is 0. The van der Waals surface area contributed by atoms with E-state index >= 15 is 0 Å². The maximum atomic E-state index is 11.9. The van der Waals surface area contributed by atoms with E-state index in [1.807, 2.05) is 0 Å². The minimum atomic E-state index is -2.52. The summed E-state index contributed by atoms with van der Waals surface area (Å²) in [5, 5.41) is 2.60. The van der Waals surface area contributed by atoms with Crippen LogP contribution >= 0.6 is 0 Å². The predicted octanol–water partition coefficient (Wildman–Crippen LogP) is 5.20. The zero-order chi connectivity index (χ0) is 21.3. The molecule has 2 aromatic carbocycles. The Morgan fingerprint density at radius 1 is 0.966 bits per heavy atom. The van der Waals surface area contributed by atoms with Gasteiger partial charge in [0.2, 0.25) is 0 Å². The third-order valence-electron chi connectivity index (χ3n) is 7.68. The lowest BCUT2D eigenvalue weighted by Crippen LogP contribution is -2.67. The Morgan fingerprint density at radius 3 is 1.83 bits per heavy atom. The number of hydrogen-bond donors (Lipinski definition) is 0. The summed E-state index contributed by atoms with van der Waals surface area (Å²) in [5.74, 6) is 0.374. The topological polar surface area (TPSA) is 26.3 Å². The fourth-order valence-corrected chi connectivity index (χ4v) is 9.72. The first-order valence-corrected chi connectivity index (χ1v) is 12.7. The van der Waals surface area contributed by atoms with Crippen LogP contribution in [-0.4, -0.2) is 21.2 Å². The lowest BCUT2D eigenvalue weighted by molar-refractivity contribution is -0.120.